The lowest BCUT2D eigenvalue weighted by Crippen LogP contribution is -2.41. The van der Waals surface area contributed by atoms with Gasteiger partial charge in [-0.2, -0.15) is 5.10 Å². The standard InChI is InChI=1S/C21H20N6O3/c1-12-11-22-21(30)27(12)15-7-5-6-14(10-15)24-19(28)13(2)23-20(29)18-16-8-3-4-9-17(16)25-26-18/h3-11,13H,1-2H3,(H,22,30)(H,23,29)(H,24,28)(H,25,26). The van der Waals surface area contributed by atoms with E-state index in [1.54, 1.807) is 50.4 Å². The van der Waals surface area contributed by atoms with E-state index in [2.05, 4.69) is 25.8 Å². The van der Waals surface area contributed by atoms with Crippen LogP contribution in [-0.4, -0.2) is 37.6 Å². The van der Waals surface area contributed by atoms with Crippen molar-refractivity contribution in [3.8, 4) is 5.69 Å². The van der Waals surface area contributed by atoms with Gasteiger partial charge in [-0.15, -0.1) is 0 Å². The number of hydrogen-bond donors (Lipinski definition) is 4. The molecule has 0 saturated heterocycles. The Morgan fingerprint density at radius 2 is 1.93 bits per heavy atom. The summed E-state index contributed by atoms with van der Waals surface area (Å²) in [5.41, 5.74) is 2.59. The summed E-state index contributed by atoms with van der Waals surface area (Å²) in [5, 5.41) is 12.9. The largest absolute Gasteiger partial charge is 0.339 e. The van der Waals surface area contributed by atoms with Gasteiger partial charge in [0, 0.05) is 23.0 Å². The normalized spacial score (nSPS) is 11.9. The minimum absolute atomic E-state index is 0.231. The Balaban J connectivity index is 1.47. The van der Waals surface area contributed by atoms with E-state index >= 15 is 0 Å². The molecule has 9 nitrogen and oxygen atoms in total. The smallest absolute Gasteiger partial charge is 0.330 e. The molecule has 4 N–H and O–H groups in total. The van der Waals surface area contributed by atoms with Gasteiger partial charge in [-0.1, -0.05) is 24.3 Å². The first kappa shape index (κ1) is 19.2. The first-order chi connectivity index (χ1) is 14.4. The molecule has 9 heteroatoms. The Hall–Kier alpha value is -4.14. The number of aromatic amines is 2. The monoisotopic (exact) mass is 404 g/mol. The highest BCUT2D eigenvalue weighted by Gasteiger charge is 2.20. The van der Waals surface area contributed by atoms with E-state index in [-0.39, 0.29) is 11.4 Å². The number of carbonyl (C=O) groups is 2. The number of fused-ring (bicyclic) bond motifs is 1. The molecular formula is C21H20N6O3. The maximum Gasteiger partial charge on any atom is 0.330 e. The zero-order valence-corrected chi connectivity index (χ0v) is 16.4. The summed E-state index contributed by atoms with van der Waals surface area (Å²) < 4.78 is 1.50. The van der Waals surface area contributed by atoms with E-state index in [1.165, 1.54) is 4.57 Å². The number of aromatic nitrogens is 4. The molecule has 0 aliphatic rings. The van der Waals surface area contributed by atoms with Crippen LogP contribution in [0.4, 0.5) is 5.69 Å². The summed E-state index contributed by atoms with van der Waals surface area (Å²) in [6.45, 7) is 3.40. The Morgan fingerprint density at radius 1 is 1.13 bits per heavy atom. The van der Waals surface area contributed by atoms with Crippen LogP contribution in [0.15, 0.2) is 59.5 Å². The van der Waals surface area contributed by atoms with E-state index in [9.17, 15) is 14.4 Å². The number of H-pyrrole nitrogens is 2. The SMILES string of the molecule is Cc1c[nH]c(=O)n1-c1cccc(NC(=O)C(C)NC(=O)c2n[nH]c3ccccc23)c1. The van der Waals surface area contributed by atoms with Gasteiger partial charge in [-0.05, 0) is 38.1 Å². The number of carbonyl (C=O) groups excluding carboxylic acids is 2. The van der Waals surface area contributed by atoms with E-state index < -0.39 is 17.9 Å². The number of hydrogen-bond acceptors (Lipinski definition) is 4. The van der Waals surface area contributed by atoms with E-state index in [1.807, 2.05) is 18.2 Å². The Kier molecular flexibility index (Phi) is 4.93. The number of imidazole rings is 1. The Labute approximate surface area is 171 Å². The van der Waals surface area contributed by atoms with Crippen LogP contribution in [0.2, 0.25) is 0 Å². The van der Waals surface area contributed by atoms with E-state index in [0.29, 0.717) is 16.8 Å². The number of nitrogens with one attached hydrogen (secondary N) is 4. The van der Waals surface area contributed by atoms with Crippen LogP contribution in [0.25, 0.3) is 16.6 Å². The molecular weight excluding hydrogens is 384 g/mol. The zero-order chi connectivity index (χ0) is 21.3. The van der Waals surface area contributed by atoms with E-state index in [4.69, 9.17) is 0 Å². The highest BCUT2D eigenvalue weighted by molar-refractivity contribution is 6.07. The third-order valence-electron chi connectivity index (χ3n) is 4.76. The number of aryl methyl sites for hydroxylation is 1. The van der Waals surface area contributed by atoms with Crippen LogP contribution in [-0.2, 0) is 4.79 Å². The topological polar surface area (TPSA) is 125 Å². The number of amides is 2. The third kappa shape index (κ3) is 3.60. The summed E-state index contributed by atoms with van der Waals surface area (Å²) in [4.78, 5) is 39.7. The maximum absolute atomic E-state index is 12.6. The van der Waals surface area contributed by atoms with Crippen molar-refractivity contribution in [3.63, 3.8) is 0 Å². The average Bonchev–Trinajstić information content (AvgIpc) is 3.31. The molecule has 2 amide bonds. The van der Waals surface area contributed by atoms with Crippen molar-refractivity contribution in [2.24, 2.45) is 0 Å². The highest BCUT2D eigenvalue weighted by atomic mass is 16.2. The van der Waals surface area contributed by atoms with Gasteiger partial charge < -0.3 is 15.6 Å². The summed E-state index contributed by atoms with van der Waals surface area (Å²) >= 11 is 0. The summed E-state index contributed by atoms with van der Waals surface area (Å²) in [6.07, 6.45) is 1.62. The van der Waals surface area contributed by atoms with Crippen LogP contribution in [0.5, 0.6) is 0 Å². The fraction of sp³-hybridized carbons (Fsp3) is 0.143. The molecule has 2 heterocycles. The van der Waals surface area contributed by atoms with E-state index in [0.717, 1.165) is 11.2 Å². The van der Waals surface area contributed by atoms with Crippen molar-refractivity contribution in [2.75, 3.05) is 5.32 Å². The van der Waals surface area contributed by atoms with Crippen LogP contribution in [0.3, 0.4) is 0 Å². The molecule has 0 aliphatic carbocycles. The third-order valence-corrected chi connectivity index (χ3v) is 4.76. The molecule has 0 bridgehead atoms. The zero-order valence-electron chi connectivity index (χ0n) is 16.4. The number of anilines is 1. The lowest BCUT2D eigenvalue weighted by molar-refractivity contribution is -0.117. The molecule has 1 unspecified atom stereocenters. The lowest BCUT2D eigenvalue weighted by Gasteiger charge is -2.14. The number of benzene rings is 2. The quantitative estimate of drug-likeness (QED) is 0.406. The Bertz CT molecular complexity index is 1300. The second-order valence-electron chi connectivity index (χ2n) is 6.92. The first-order valence-corrected chi connectivity index (χ1v) is 9.36. The molecule has 0 aliphatic heterocycles. The summed E-state index contributed by atoms with van der Waals surface area (Å²) in [6, 6.07) is 13.4. The first-order valence-electron chi connectivity index (χ1n) is 9.36. The van der Waals surface area contributed by atoms with Gasteiger partial charge in [0.2, 0.25) is 5.91 Å². The van der Waals surface area contributed by atoms with Crippen molar-refractivity contribution >= 4 is 28.4 Å². The van der Waals surface area contributed by atoms with Crippen LogP contribution in [0.1, 0.15) is 23.1 Å². The van der Waals surface area contributed by atoms with Crippen LogP contribution in [0, 0.1) is 6.92 Å². The van der Waals surface area contributed by atoms with Gasteiger partial charge in [0.15, 0.2) is 5.69 Å². The Morgan fingerprint density at radius 3 is 2.70 bits per heavy atom. The van der Waals surface area contributed by atoms with Gasteiger partial charge in [0.05, 0.1) is 11.2 Å². The molecule has 0 spiro atoms. The molecule has 1 atom stereocenters. The van der Waals surface area contributed by atoms with Crippen LogP contribution < -0.4 is 16.3 Å². The molecule has 30 heavy (non-hydrogen) atoms. The molecule has 4 rings (SSSR count). The molecule has 2 aromatic heterocycles. The fourth-order valence-corrected chi connectivity index (χ4v) is 3.22. The van der Waals surface area contributed by atoms with Crippen molar-refractivity contribution in [1.82, 2.24) is 25.1 Å². The molecule has 0 radical (unpaired) electrons. The highest BCUT2D eigenvalue weighted by Crippen LogP contribution is 2.16. The van der Waals surface area contributed by atoms with Gasteiger partial charge in [-0.3, -0.25) is 19.3 Å². The maximum atomic E-state index is 12.6. The predicted molar refractivity (Wildman–Crippen MR) is 113 cm³/mol. The molecule has 4 aromatic rings. The molecule has 0 saturated carbocycles. The second kappa shape index (κ2) is 7.70. The molecule has 152 valence electrons. The van der Waals surface area contributed by atoms with Crippen molar-refractivity contribution in [1.29, 1.82) is 0 Å². The predicted octanol–water partition coefficient (Wildman–Crippen LogP) is 2.11. The van der Waals surface area contributed by atoms with Gasteiger partial charge in [0.25, 0.3) is 5.91 Å². The van der Waals surface area contributed by atoms with Crippen LogP contribution >= 0.6 is 0 Å². The lowest BCUT2D eigenvalue weighted by atomic mass is 10.2. The minimum atomic E-state index is -0.798. The van der Waals surface area contributed by atoms with Crippen molar-refractivity contribution in [3.05, 3.63) is 76.6 Å². The van der Waals surface area contributed by atoms with Gasteiger partial charge in [-0.25, -0.2) is 4.79 Å². The average molecular weight is 404 g/mol. The summed E-state index contributed by atoms with van der Waals surface area (Å²) in [5.74, 6) is -0.836. The number of nitrogens with zero attached hydrogens (tertiary/aromatic N) is 2. The van der Waals surface area contributed by atoms with Crippen molar-refractivity contribution in [2.45, 2.75) is 19.9 Å². The van der Waals surface area contributed by atoms with Crippen molar-refractivity contribution < 1.29 is 9.59 Å². The molecule has 0 fully saturated rings. The fourth-order valence-electron chi connectivity index (χ4n) is 3.22. The minimum Gasteiger partial charge on any atom is -0.339 e. The van der Waals surface area contributed by atoms with Gasteiger partial charge in [0.1, 0.15) is 6.04 Å². The van der Waals surface area contributed by atoms with Gasteiger partial charge >= 0.3 is 5.69 Å². The second-order valence-corrected chi connectivity index (χ2v) is 6.92. The molecule has 2 aromatic carbocycles. The summed E-state index contributed by atoms with van der Waals surface area (Å²) in [7, 11) is 0. The number of rotatable bonds is 5. The number of para-hydroxylation sites is 1.